The highest BCUT2D eigenvalue weighted by atomic mass is 16.5. The van der Waals surface area contributed by atoms with Gasteiger partial charge < -0.3 is 15.6 Å². The summed E-state index contributed by atoms with van der Waals surface area (Å²) in [6.07, 6.45) is 4.24. The molecule has 0 radical (unpaired) electrons. The van der Waals surface area contributed by atoms with E-state index in [9.17, 15) is 9.90 Å². The fourth-order valence-electron chi connectivity index (χ4n) is 4.57. The number of hydrogen-bond donors (Lipinski definition) is 3. The smallest absolute Gasteiger partial charge is 0.275 e. The van der Waals surface area contributed by atoms with Gasteiger partial charge in [0.15, 0.2) is 5.75 Å². The Labute approximate surface area is 234 Å². The average molecular weight is 538 g/mol. The number of phenols is 1. The first-order valence-corrected chi connectivity index (χ1v) is 13.5. The number of amides is 1. The Morgan fingerprint density at radius 1 is 1.00 bits per heavy atom. The first kappa shape index (κ1) is 28.4. The predicted molar refractivity (Wildman–Crippen MR) is 160 cm³/mol. The summed E-state index contributed by atoms with van der Waals surface area (Å²) in [5.41, 5.74) is 11.4. The van der Waals surface area contributed by atoms with Crippen LogP contribution in [0.2, 0.25) is 0 Å². The standard InChI is InChI=1S/C32H35N5O3/c1-4-19-32(33,5-2)24-13-15-25(16-14-24)35-36-29-27-10-8-7-9-23(27)20-28(30(29)38)31(39)37-34-21-22-11-17-26(18-12-22)40-6-3/h7-18,20-21,38H,4-6,19,33H2,1-3H3,(H,37,39). The number of hydrazone groups is 1. The zero-order valence-corrected chi connectivity index (χ0v) is 23.1. The molecule has 206 valence electrons. The van der Waals surface area contributed by atoms with E-state index in [0.29, 0.717) is 17.7 Å². The number of carbonyl (C=O) groups is 1. The average Bonchev–Trinajstić information content (AvgIpc) is 2.97. The SMILES string of the molecule is CCCC(N)(CC)c1ccc(N=Nc2c(O)c(C(=O)NN=Cc3ccc(OCC)cc3)cc3ccccc23)cc1. The van der Waals surface area contributed by atoms with Crippen molar-refractivity contribution in [3.63, 3.8) is 0 Å². The van der Waals surface area contributed by atoms with E-state index in [4.69, 9.17) is 10.5 Å². The van der Waals surface area contributed by atoms with Gasteiger partial charge in [0.1, 0.15) is 11.4 Å². The van der Waals surface area contributed by atoms with Crippen molar-refractivity contribution < 1.29 is 14.6 Å². The van der Waals surface area contributed by atoms with Crippen LogP contribution in [0, 0.1) is 0 Å². The number of benzene rings is 4. The maximum atomic E-state index is 13.0. The van der Waals surface area contributed by atoms with Crippen molar-refractivity contribution in [2.24, 2.45) is 21.1 Å². The number of nitrogens with two attached hydrogens (primary N) is 1. The van der Waals surface area contributed by atoms with Crippen LogP contribution in [-0.2, 0) is 5.54 Å². The van der Waals surface area contributed by atoms with Crippen molar-refractivity contribution >= 4 is 34.3 Å². The van der Waals surface area contributed by atoms with E-state index in [-0.39, 0.29) is 22.5 Å². The van der Waals surface area contributed by atoms with E-state index in [1.807, 2.05) is 79.7 Å². The highest BCUT2D eigenvalue weighted by Gasteiger charge is 2.24. The summed E-state index contributed by atoms with van der Waals surface area (Å²) in [7, 11) is 0. The minimum atomic E-state index is -0.569. The first-order chi connectivity index (χ1) is 19.4. The van der Waals surface area contributed by atoms with E-state index >= 15 is 0 Å². The summed E-state index contributed by atoms with van der Waals surface area (Å²) >= 11 is 0. The number of azo groups is 1. The second-order valence-corrected chi connectivity index (χ2v) is 9.55. The van der Waals surface area contributed by atoms with E-state index in [1.54, 1.807) is 6.07 Å². The number of nitrogens with one attached hydrogen (secondary N) is 1. The van der Waals surface area contributed by atoms with Gasteiger partial charge in [-0.3, -0.25) is 4.79 Å². The molecular formula is C32H35N5O3. The van der Waals surface area contributed by atoms with Crippen LogP contribution >= 0.6 is 0 Å². The van der Waals surface area contributed by atoms with Gasteiger partial charge in [-0.05, 0) is 78.7 Å². The molecule has 0 aliphatic heterocycles. The Bertz CT molecular complexity index is 1510. The van der Waals surface area contributed by atoms with Gasteiger partial charge in [-0.2, -0.15) is 10.2 Å². The minimum absolute atomic E-state index is 0.0438. The highest BCUT2D eigenvalue weighted by molar-refractivity contribution is 6.06. The van der Waals surface area contributed by atoms with Crippen LogP contribution in [0.25, 0.3) is 10.8 Å². The summed E-state index contributed by atoms with van der Waals surface area (Å²) in [5, 5.41) is 25.2. The molecule has 8 nitrogen and oxygen atoms in total. The van der Waals surface area contributed by atoms with E-state index in [0.717, 1.165) is 41.5 Å². The maximum absolute atomic E-state index is 13.0. The lowest BCUT2D eigenvalue weighted by Gasteiger charge is -2.28. The summed E-state index contributed by atoms with van der Waals surface area (Å²) in [5.74, 6) is -0.0869. The van der Waals surface area contributed by atoms with Gasteiger partial charge in [-0.1, -0.05) is 56.7 Å². The molecule has 4 aromatic carbocycles. The lowest BCUT2D eigenvalue weighted by molar-refractivity contribution is 0.0952. The molecule has 0 fully saturated rings. The monoisotopic (exact) mass is 537 g/mol. The predicted octanol–water partition coefficient (Wildman–Crippen LogP) is 7.49. The van der Waals surface area contributed by atoms with Crippen LogP contribution in [0.15, 0.2) is 94.2 Å². The third-order valence-corrected chi connectivity index (χ3v) is 6.85. The third-order valence-electron chi connectivity index (χ3n) is 6.85. The summed E-state index contributed by atoms with van der Waals surface area (Å²) in [6, 6.07) is 24.0. The molecular weight excluding hydrogens is 502 g/mol. The zero-order valence-electron chi connectivity index (χ0n) is 23.1. The van der Waals surface area contributed by atoms with Gasteiger partial charge in [0.05, 0.1) is 24.1 Å². The van der Waals surface area contributed by atoms with E-state index in [2.05, 4.69) is 34.6 Å². The van der Waals surface area contributed by atoms with Gasteiger partial charge in [-0.25, -0.2) is 5.43 Å². The second kappa shape index (κ2) is 13.0. The Balaban J connectivity index is 1.58. The fraction of sp³-hybridized carbons (Fsp3) is 0.250. The van der Waals surface area contributed by atoms with Gasteiger partial charge in [0.2, 0.25) is 0 Å². The third kappa shape index (κ3) is 6.52. The van der Waals surface area contributed by atoms with Crippen LogP contribution < -0.4 is 15.9 Å². The fourth-order valence-corrected chi connectivity index (χ4v) is 4.57. The number of fused-ring (bicyclic) bond motifs is 1. The van der Waals surface area contributed by atoms with Crippen LogP contribution in [0.1, 0.15) is 61.5 Å². The van der Waals surface area contributed by atoms with Crippen molar-refractivity contribution in [1.29, 1.82) is 0 Å². The van der Waals surface area contributed by atoms with Crippen molar-refractivity contribution in [1.82, 2.24) is 5.43 Å². The topological polar surface area (TPSA) is 122 Å². The van der Waals surface area contributed by atoms with Crippen LogP contribution in [0.4, 0.5) is 11.4 Å². The number of hydrogen-bond acceptors (Lipinski definition) is 7. The molecule has 4 aromatic rings. The Kier molecular flexibility index (Phi) is 9.24. The summed E-state index contributed by atoms with van der Waals surface area (Å²) < 4.78 is 5.44. The molecule has 4 N–H and O–H groups in total. The number of ether oxygens (including phenoxy) is 1. The molecule has 0 aliphatic rings. The number of carbonyl (C=O) groups excluding carboxylic acids is 1. The zero-order chi connectivity index (χ0) is 28.5. The molecule has 0 heterocycles. The number of phenolic OH excluding ortho intramolecular Hbond substituents is 1. The Morgan fingerprint density at radius 2 is 1.73 bits per heavy atom. The number of nitrogens with zero attached hydrogens (tertiary/aromatic N) is 3. The number of rotatable bonds is 11. The van der Waals surface area contributed by atoms with E-state index in [1.165, 1.54) is 6.21 Å². The van der Waals surface area contributed by atoms with Gasteiger partial charge in [-0.15, -0.1) is 5.11 Å². The van der Waals surface area contributed by atoms with Crippen molar-refractivity contribution in [2.75, 3.05) is 6.61 Å². The Morgan fingerprint density at radius 3 is 2.40 bits per heavy atom. The van der Waals surface area contributed by atoms with Crippen molar-refractivity contribution in [2.45, 2.75) is 45.6 Å². The quantitative estimate of drug-likeness (QED) is 0.104. The van der Waals surface area contributed by atoms with Crippen LogP contribution in [0.3, 0.4) is 0 Å². The second-order valence-electron chi connectivity index (χ2n) is 9.55. The molecule has 0 saturated heterocycles. The lowest BCUT2D eigenvalue weighted by Crippen LogP contribution is -2.35. The molecule has 40 heavy (non-hydrogen) atoms. The summed E-state index contributed by atoms with van der Waals surface area (Å²) in [4.78, 5) is 13.0. The van der Waals surface area contributed by atoms with Crippen LogP contribution in [-0.4, -0.2) is 23.8 Å². The molecule has 1 unspecified atom stereocenters. The molecule has 1 amide bonds. The molecule has 0 spiro atoms. The van der Waals surface area contributed by atoms with Gasteiger partial charge in [0.25, 0.3) is 5.91 Å². The van der Waals surface area contributed by atoms with Crippen molar-refractivity contribution in [3.8, 4) is 11.5 Å². The van der Waals surface area contributed by atoms with Gasteiger partial charge in [0, 0.05) is 10.9 Å². The molecule has 1 atom stereocenters. The molecule has 0 saturated carbocycles. The first-order valence-electron chi connectivity index (χ1n) is 13.5. The molecule has 8 heteroatoms. The highest BCUT2D eigenvalue weighted by Crippen LogP contribution is 2.39. The van der Waals surface area contributed by atoms with Crippen molar-refractivity contribution in [3.05, 3.63) is 95.6 Å². The molecule has 0 aromatic heterocycles. The molecule has 4 rings (SSSR count). The van der Waals surface area contributed by atoms with Crippen LogP contribution in [0.5, 0.6) is 11.5 Å². The molecule has 0 bridgehead atoms. The number of aromatic hydroxyl groups is 1. The Hall–Kier alpha value is -4.56. The lowest BCUT2D eigenvalue weighted by atomic mass is 9.84. The van der Waals surface area contributed by atoms with E-state index < -0.39 is 5.91 Å². The maximum Gasteiger partial charge on any atom is 0.275 e. The normalized spacial score (nSPS) is 13.1. The minimum Gasteiger partial charge on any atom is -0.505 e. The summed E-state index contributed by atoms with van der Waals surface area (Å²) in [6.45, 7) is 6.72. The molecule has 0 aliphatic carbocycles. The largest absolute Gasteiger partial charge is 0.505 e. The van der Waals surface area contributed by atoms with Gasteiger partial charge >= 0.3 is 0 Å².